The first-order valence-electron chi connectivity index (χ1n) is 7.39. The minimum Gasteiger partial charge on any atom is -0.496 e. The average molecular weight is 312 g/mol. The molecule has 5 nitrogen and oxygen atoms in total. The van der Waals surface area contributed by atoms with Crippen LogP contribution in [0.3, 0.4) is 0 Å². The molecule has 0 unspecified atom stereocenters. The van der Waals surface area contributed by atoms with Gasteiger partial charge in [0.15, 0.2) is 6.61 Å². The Kier molecular flexibility index (Phi) is 6.17. The van der Waals surface area contributed by atoms with Crippen molar-refractivity contribution in [2.45, 2.75) is 13.3 Å². The number of hydrazone groups is 1. The average Bonchev–Trinajstić information content (AvgIpc) is 2.61. The Bertz CT molecular complexity index is 666. The van der Waals surface area contributed by atoms with Crippen LogP contribution >= 0.6 is 0 Å². The SMILES string of the molecule is CCc1ccc(OCC(=O)N/N=C\c2ccccc2OC)cc1. The van der Waals surface area contributed by atoms with Gasteiger partial charge in [0.05, 0.1) is 13.3 Å². The predicted octanol–water partition coefficient (Wildman–Crippen LogP) is 2.79. The Morgan fingerprint density at radius 1 is 1.17 bits per heavy atom. The molecule has 0 spiro atoms. The van der Waals surface area contributed by atoms with Crippen LogP contribution in [-0.4, -0.2) is 25.8 Å². The van der Waals surface area contributed by atoms with Crippen molar-refractivity contribution in [1.82, 2.24) is 5.43 Å². The lowest BCUT2D eigenvalue weighted by Gasteiger charge is -2.06. The van der Waals surface area contributed by atoms with E-state index in [1.807, 2.05) is 48.5 Å². The van der Waals surface area contributed by atoms with Gasteiger partial charge < -0.3 is 9.47 Å². The Morgan fingerprint density at radius 2 is 1.91 bits per heavy atom. The zero-order valence-electron chi connectivity index (χ0n) is 13.3. The summed E-state index contributed by atoms with van der Waals surface area (Å²) in [6.45, 7) is 2.00. The number of carbonyl (C=O) groups is 1. The number of nitrogens with zero attached hydrogens (tertiary/aromatic N) is 1. The molecule has 23 heavy (non-hydrogen) atoms. The molecule has 1 N–H and O–H groups in total. The number of hydrogen-bond acceptors (Lipinski definition) is 4. The topological polar surface area (TPSA) is 59.9 Å². The highest BCUT2D eigenvalue weighted by atomic mass is 16.5. The quantitative estimate of drug-likeness (QED) is 0.632. The summed E-state index contributed by atoms with van der Waals surface area (Å²) >= 11 is 0. The van der Waals surface area contributed by atoms with Crippen LogP contribution in [0.4, 0.5) is 0 Å². The first kappa shape index (κ1) is 16.5. The molecular weight excluding hydrogens is 292 g/mol. The number of ether oxygens (including phenoxy) is 2. The van der Waals surface area contributed by atoms with Crippen molar-refractivity contribution in [2.75, 3.05) is 13.7 Å². The molecule has 0 heterocycles. The van der Waals surface area contributed by atoms with Gasteiger partial charge in [-0.05, 0) is 36.2 Å². The van der Waals surface area contributed by atoms with Gasteiger partial charge >= 0.3 is 0 Å². The van der Waals surface area contributed by atoms with Gasteiger partial charge in [-0.2, -0.15) is 5.10 Å². The van der Waals surface area contributed by atoms with E-state index in [2.05, 4.69) is 17.5 Å². The van der Waals surface area contributed by atoms with E-state index >= 15 is 0 Å². The fourth-order valence-corrected chi connectivity index (χ4v) is 1.95. The van der Waals surface area contributed by atoms with Crippen LogP contribution < -0.4 is 14.9 Å². The molecule has 0 aliphatic rings. The molecule has 1 amide bonds. The first-order chi connectivity index (χ1) is 11.2. The number of carbonyl (C=O) groups excluding carboxylic acids is 1. The van der Waals surface area contributed by atoms with E-state index < -0.39 is 0 Å². The van der Waals surface area contributed by atoms with E-state index in [4.69, 9.17) is 9.47 Å². The lowest BCUT2D eigenvalue weighted by Crippen LogP contribution is -2.24. The highest BCUT2D eigenvalue weighted by molar-refractivity contribution is 5.85. The van der Waals surface area contributed by atoms with Crippen molar-refractivity contribution in [3.05, 3.63) is 59.7 Å². The first-order valence-corrected chi connectivity index (χ1v) is 7.39. The third-order valence-corrected chi connectivity index (χ3v) is 3.23. The van der Waals surface area contributed by atoms with E-state index in [0.29, 0.717) is 11.5 Å². The van der Waals surface area contributed by atoms with Crippen LogP contribution in [-0.2, 0) is 11.2 Å². The fourth-order valence-electron chi connectivity index (χ4n) is 1.95. The molecule has 0 radical (unpaired) electrons. The van der Waals surface area contributed by atoms with Crippen LogP contribution in [0.5, 0.6) is 11.5 Å². The summed E-state index contributed by atoms with van der Waals surface area (Å²) in [5.74, 6) is 1.03. The summed E-state index contributed by atoms with van der Waals surface area (Å²) in [7, 11) is 1.59. The largest absolute Gasteiger partial charge is 0.496 e. The Balaban J connectivity index is 1.81. The Hall–Kier alpha value is -2.82. The molecule has 0 aliphatic carbocycles. The molecule has 2 aromatic carbocycles. The van der Waals surface area contributed by atoms with Crippen LogP contribution in [0.1, 0.15) is 18.1 Å². The number of aryl methyl sites for hydroxylation is 1. The van der Waals surface area contributed by atoms with E-state index in [1.165, 1.54) is 11.8 Å². The summed E-state index contributed by atoms with van der Waals surface area (Å²) in [6, 6.07) is 15.1. The minimum absolute atomic E-state index is 0.0886. The lowest BCUT2D eigenvalue weighted by atomic mass is 10.2. The molecule has 120 valence electrons. The summed E-state index contributed by atoms with van der Waals surface area (Å²) in [5.41, 5.74) is 4.43. The maximum absolute atomic E-state index is 11.7. The van der Waals surface area contributed by atoms with E-state index in [-0.39, 0.29) is 12.5 Å². The number of amides is 1. The molecule has 2 rings (SSSR count). The summed E-state index contributed by atoms with van der Waals surface area (Å²) in [5, 5.41) is 3.91. The van der Waals surface area contributed by atoms with E-state index in [0.717, 1.165) is 12.0 Å². The molecule has 0 atom stereocenters. The van der Waals surface area contributed by atoms with Gasteiger partial charge in [0.25, 0.3) is 5.91 Å². The summed E-state index contributed by atoms with van der Waals surface area (Å²) < 4.78 is 10.6. The van der Waals surface area contributed by atoms with Gasteiger partial charge in [-0.15, -0.1) is 0 Å². The number of hydrogen-bond donors (Lipinski definition) is 1. The van der Waals surface area contributed by atoms with E-state index in [9.17, 15) is 4.79 Å². The second kappa shape index (κ2) is 8.58. The molecular formula is C18H20N2O3. The molecule has 5 heteroatoms. The van der Waals surface area contributed by atoms with Crippen molar-refractivity contribution < 1.29 is 14.3 Å². The van der Waals surface area contributed by atoms with Crippen molar-refractivity contribution >= 4 is 12.1 Å². The zero-order chi connectivity index (χ0) is 16.5. The van der Waals surface area contributed by atoms with Crippen LogP contribution in [0.25, 0.3) is 0 Å². The maximum atomic E-state index is 11.7. The lowest BCUT2D eigenvalue weighted by molar-refractivity contribution is -0.123. The molecule has 0 aliphatic heterocycles. The van der Waals surface area contributed by atoms with Crippen molar-refractivity contribution in [3.63, 3.8) is 0 Å². The smallest absolute Gasteiger partial charge is 0.277 e. The summed E-state index contributed by atoms with van der Waals surface area (Å²) in [6.07, 6.45) is 2.51. The van der Waals surface area contributed by atoms with Crippen molar-refractivity contribution in [3.8, 4) is 11.5 Å². The predicted molar refractivity (Wildman–Crippen MR) is 90.0 cm³/mol. The van der Waals surface area contributed by atoms with Gasteiger partial charge in [-0.25, -0.2) is 5.43 Å². The van der Waals surface area contributed by atoms with E-state index in [1.54, 1.807) is 7.11 Å². The molecule has 0 bridgehead atoms. The highest BCUT2D eigenvalue weighted by Crippen LogP contribution is 2.14. The number of methoxy groups -OCH3 is 1. The van der Waals surface area contributed by atoms with Gasteiger partial charge in [0, 0.05) is 5.56 Å². The second-order valence-corrected chi connectivity index (χ2v) is 4.82. The van der Waals surface area contributed by atoms with Gasteiger partial charge in [-0.1, -0.05) is 31.2 Å². The molecule has 0 saturated heterocycles. The number of para-hydroxylation sites is 1. The third-order valence-electron chi connectivity index (χ3n) is 3.23. The number of nitrogens with one attached hydrogen (secondary N) is 1. The minimum atomic E-state index is -0.323. The number of benzene rings is 2. The standard InChI is InChI=1S/C18H20N2O3/c1-3-14-8-10-16(11-9-14)23-13-18(21)20-19-12-15-6-4-5-7-17(15)22-2/h4-12H,3,13H2,1-2H3,(H,20,21)/b19-12-. The normalized spacial score (nSPS) is 10.5. The van der Waals surface area contributed by atoms with Crippen LogP contribution in [0.15, 0.2) is 53.6 Å². The monoisotopic (exact) mass is 312 g/mol. The van der Waals surface area contributed by atoms with Crippen LogP contribution in [0, 0.1) is 0 Å². The second-order valence-electron chi connectivity index (χ2n) is 4.82. The Labute approximate surface area is 135 Å². The van der Waals surface area contributed by atoms with Gasteiger partial charge in [-0.3, -0.25) is 4.79 Å². The number of rotatable bonds is 7. The summed E-state index contributed by atoms with van der Waals surface area (Å²) in [4.78, 5) is 11.7. The van der Waals surface area contributed by atoms with Gasteiger partial charge in [0.1, 0.15) is 11.5 Å². The maximum Gasteiger partial charge on any atom is 0.277 e. The molecule has 2 aromatic rings. The van der Waals surface area contributed by atoms with Crippen molar-refractivity contribution in [1.29, 1.82) is 0 Å². The van der Waals surface area contributed by atoms with Crippen molar-refractivity contribution in [2.24, 2.45) is 5.10 Å². The fraction of sp³-hybridized carbons (Fsp3) is 0.222. The molecule has 0 aromatic heterocycles. The highest BCUT2D eigenvalue weighted by Gasteiger charge is 2.02. The van der Waals surface area contributed by atoms with Gasteiger partial charge in [0.2, 0.25) is 0 Å². The third kappa shape index (κ3) is 5.14. The molecule has 0 saturated carbocycles. The molecule has 0 fully saturated rings. The Morgan fingerprint density at radius 3 is 2.61 bits per heavy atom. The zero-order valence-corrected chi connectivity index (χ0v) is 13.3. The van der Waals surface area contributed by atoms with Crippen LogP contribution in [0.2, 0.25) is 0 Å².